The van der Waals surface area contributed by atoms with Gasteiger partial charge in [0.05, 0.1) is 0 Å². The molecule has 174 valence electrons. The molecule has 2 aromatic rings. The Bertz CT molecular complexity index is 1130. The van der Waals surface area contributed by atoms with Crippen LogP contribution in [0.1, 0.15) is 69.1 Å². The molecule has 1 aliphatic heterocycles. The molecule has 1 saturated heterocycles. The largest absolute Gasteiger partial charge is 0.507 e. The number of aromatic hydroxyl groups is 1. The first-order valence-electron chi connectivity index (χ1n) is 10.5. The molecule has 0 bridgehead atoms. The van der Waals surface area contributed by atoms with Crippen molar-refractivity contribution >= 4 is 37.5 Å². The number of halogens is 1. The number of benzene rings is 2. The number of aliphatic hydroxyl groups is 1. The van der Waals surface area contributed by atoms with Gasteiger partial charge in [-0.2, -0.15) is 0 Å². The summed E-state index contributed by atoms with van der Waals surface area (Å²) in [6.07, 6.45) is 0.372. The van der Waals surface area contributed by atoms with Gasteiger partial charge in [0.25, 0.3) is 10.0 Å². The van der Waals surface area contributed by atoms with E-state index in [1.54, 1.807) is 24.3 Å². The van der Waals surface area contributed by atoms with E-state index in [0.717, 1.165) is 0 Å². The number of phenolic OH excluding ortho intramolecular Hbond substituents is 1. The van der Waals surface area contributed by atoms with Gasteiger partial charge in [-0.3, -0.25) is 9.52 Å². The zero-order chi connectivity index (χ0) is 24.0. The Kier molecular flexibility index (Phi) is 6.66. The van der Waals surface area contributed by atoms with Crippen LogP contribution in [0.15, 0.2) is 39.7 Å². The molecule has 1 unspecified atom stereocenters. The van der Waals surface area contributed by atoms with Crippen molar-refractivity contribution in [2.75, 3.05) is 11.8 Å². The van der Waals surface area contributed by atoms with Crippen LogP contribution < -0.4 is 4.72 Å². The summed E-state index contributed by atoms with van der Waals surface area (Å²) >= 11 is 3.30. The number of nitrogens with zero attached hydrogens (tertiary/aromatic N) is 1. The van der Waals surface area contributed by atoms with E-state index < -0.39 is 15.7 Å². The van der Waals surface area contributed by atoms with Crippen LogP contribution in [0.3, 0.4) is 0 Å². The third-order valence-corrected chi connectivity index (χ3v) is 8.34. The molecule has 0 aromatic heterocycles. The summed E-state index contributed by atoms with van der Waals surface area (Å²) in [5.41, 5.74) is 0.422. The average Bonchev–Trinajstić information content (AvgIpc) is 2.97. The zero-order valence-electron chi connectivity index (χ0n) is 18.8. The van der Waals surface area contributed by atoms with E-state index in [0.29, 0.717) is 26.9 Å². The highest BCUT2D eigenvalue weighted by molar-refractivity contribution is 9.10. The SMILES string of the molecule is CC(C)c1cc(NS(=O)(=O)c2cc(C3(O)CCC(=O)N3C)ccc2Br)cc(C(C)C)c1O. The summed E-state index contributed by atoms with van der Waals surface area (Å²) in [5.74, 6) is -0.0322. The number of phenols is 1. The molecule has 3 N–H and O–H groups in total. The van der Waals surface area contributed by atoms with Crippen LogP contribution in [0, 0.1) is 0 Å². The second kappa shape index (κ2) is 8.68. The number of carbonyl (C=O) groups excluding carboxylic acids is 1. The Morgan fingerprint density at radius 1 is 1.09 bits per heavy atom. The predicted molar refractivity (Wildman–Crippen MR) is 127 cm³/mol. The second-order valence-corrected chi connectivity index (χ2v) is 11.3. The van der Waals surface area contributed by atoms with Crippen LogP contribution >= 0.6 is 15.9 Å². The van der Waals surface area contributed by atoms with E-state index in [2.05, 4.69) is 20.7 Å². The summed E-state index contributed by atoms with van der Waals surface area (Å²) in [6.45, 7) is 7.71. The van der Waals surface area contributed by atoms with Crippen LogP contribution in [0.5, 0.6) is 5.75 Å². The van der Waals surface area contributed by atoms with Gasteiger partial charge in [0.1, 0.15) is 10.6 Å². The van der Waals surface area contributed by atoms with Crippen LogP contribution in [-0.4, -0.2) is 36.5 Å². The Morgan fingerprint density at radius 3 is 2.12 bits per heavy atom. The molecule has 3 rings (SSSR count). The molecule has 2 aromatic carbocycles. The van der Waals surface area contributed by atoms with Gasteiger partial charge in [-0.25, -0.2) is 8.42 Å². The number of amides is 1. The normalized spacial score (nSPS) is 19.3. The zero-order valence-corrected chi connectivity index (χ0v) is 21.2. The molecule has 0 saturated carbocycles. The Morgan fingerprint density at radius 2 is 1.66 bits per heavy atom. The van der Waals surface area contributed by atoms with Crippen LogP contribution in [0.25, 0.3) is 0 Å². The summed E-state index contributed by atoms with van der Waals surface area (Å²) in [7, 11) is -2.54. The van der Waals surface area contributed by atoms with Crippen molar-refractivity contribution in [3.63, 3.8) is 0 Å². The maximum atomic E-state index is 13.3. The van der Waals surface area contributed by atoms with Crippen molar-refractivity contribution in [3.8, 4) is 5.75 Å². The Balaban J connectivity index is 2.06. The van der Waals surface area contributed by atoms with Gasteiger partial charge in [0.15, 0.2) is 5.72 Å². The number of carbonyl (C=O) groups is 1. The van der Waals surface area contributed by atoms with E-state index in [1.807, 2.05) is 27.7 Å². The fourth-order valence-corrected chi connectivity index (χ4v) is 5.98. The lowest BCUT2D eigenvalue weighted by molar-refractivity contribution is -0.142. The van der Waals surface area contributed by atoms with Gasteiger partial charge < -0.3 is 15.1 Å². The fourth-order valence-electron chi connectivity index (χ4n) is 3.95. The molecule has 7 nitrogen and oxygen atoms in total. The summed E-state index contributed by atoms with van der Waals surface area (Å²) in [5, 5.41) is 21.6. The van der Waals surface area contributed by atoms with Gasteiger partial charge in [-0.15, -0.1) is 0 Å². The third-order valence-electron chi connectivity index (χ3n) is 5.96. The first-order valence-corrected chi connectivity index (χ1v) is 12.7. The quantitative estimate of drug-likeness (QED) is 0.478. The average molecular weight is 525 g/mol. The molecule has 1 atom stereocenters. The molecule has 1 aliphatic rings. The minimum atomic E-state index is -4.04. The third kappa shape index (κ3) is 4.38. The van der Waals surface area contributed by atoms with Gasteiger partial charge in [-0.1, -0.05) is 33.8 Å². The topological polar surface area (TPSA) is 107 Å². The molecule has 0 aliphatic carbocycles. The van der Waals surface area contributed by atoms with Crippen LogP contribution in [0.4, 0.5) is 5.69 Å². The van der Waals surface area contributed by atoms with Crippen molar-refractivity contribution < 1.29 is 23.4 Å². The standard InChI is InChI=1S/C23H29BrN2O5S/c1-13(2)17-11-16(12-18(14(3)4)22(17)28)25-32(30,31)20-10-15(6-7-19(20)24)23(29)9-8-21(27)26(23)5/h6-7,10-14,25,28-29H,8-9H2,1-5H3. The van der Waals surface area contributed by atoms with E-state index in [4.69, 9.17) is 0 Å². The maximum Gasteiger partial charge on any atom is 0.263 e. The predicted octanol–water partition coefficient (Wildman–Crippen LogP) is 4.60. The second-order valence-electron chi connectivity index (χ2n) is 8.83. The lowest BCUT2D eigenvalue weighted by Crippen LogP contribution is -2.40. The first-order chi connectivity index (χ1) is 14.8. The number of sulfonamides is 1. The van der Waals surface area contributed by atoms with Crippen molar-refractivity contribution in [1.82, 2.24) is 4.90 Å². The number of hydrogen-bond donors (Lipinski definition) is 3. The lowest BCUT2D eigenvalue weighted by Gasteiger charge is -2.31. The maximum absolute atomic E-state index is 13.3. The smallest absolute Gasteiger partial charge is 0.263 e. The molecule has 1 heterocycles. The van der Waals surface area contributed by atoms with Gasteiger partial charge in [-0.05, 0) is 63.2 Å². The molecule has 1 amide bonds. The van der Waals surface area contributed by atoms with Crippen molar-refractivity contribution in [3.05, 3.63) is 51.5 Å². The minimum Gasteiger partial charge on any atom is -0.507 e. The van der Waals surface area contributed by atoms with E-state index in [9.17, 15) is 23.4 Å². The first kappa shape index (κ1) is 24.5. The van der Waals surface area contributed by atoms with Gasteiger partial charge >= 0.3 is 0 Å². The fraction of sp³-hybridized carbons (Fsp3) is 0.435. The highest BCUT2D eigenvalue weighted by atomic mass is 79.9. The molecule has 9 heteroatoms. The lowest BCUT2D eigenvalue weighted by atomic mass is 9.93. The monoisotopic (exact) mass is 524 g/mol. The Hall–Kier alpha value is -2.10. The minimum absolute atomic E-state index is 0.00305. The van der Waals surface area contributed by atoms with Gasteiger partial charge in [0.2, 0.25) is 5.91 Å². The summed E-state index contributed by atoms with van der Waals surface area (Å²) in [4.78, 5) is 13.1. The van der Waals surface area contributed by atoms with Crippen LogP contribution in [0.2, 0.25) is 0 Å². The van der Waals surface area contributed by atoms with Gasteiger partial charge in [0, 0.05) is 35.6 Å². The number of anilines is 1. The highest BCUT2D eigenvalue weighted by Gasteiger charge is 2.43. The van der Waals surface area contributed by atoms with Crippen molar-refractivity contribution in [2.24, 2.45) is 0 Å². The molecule has 32 heavy (non-hydrogen) atoms. The van der Waals surface area contributed by atoms with Crippen LogP contribution in [-0.2, 0) is 20.5 Å². The molecular weight excluding hydrogens is 496 g/mol. The van der Waals surface area contributed by atoms with E-state index in [-0.39, 0.29) is 41.2 Å². The molecule has 0 radical (unpaired) electrons. The number of rotatable bonds is 6. The molecular formula is C23H29BrN2O5S. The highest BCUT2D eigenvalue weighted by Crippen LogP contribution is 2.40. The van der Waals surface area contributed by atoms with Crippen molar-refractivity contribution in [2.45, 2.75) is 63.0 Å². The van der Waals surface area contributed by atoms with E-state index >= 15 is 0 Å². The summed E-state index contributed by atoms with van der Waals surface area (Å²) < 4.78 is 29.6. The summed E-state index contributed by atoms with van der Waals surface area (Å²) in [6, 6.07) is 7.81. The Labute approximate surface area is 197 Å². The number of nitrogens with one attached hydrogen (secondary N) is 1. The van der Waals surface area contributed by atoms with E-state index in [1.165, 1.54) is 18.0 Å². The van der Waals surface area contributed by atoms with Crippen molar-refractivity contribution in [1.29, 1.82) is 0 Å². The molecule has 0 spiro atoms. The number of likely N-dealkylation sites (tertiary alicyclic amines) is 1. The molecule has 1 fully saturated rings. The number of hydrogen-bond acceptors (Lipinski definition) is 5.